The Kier molecular flexibility index (Phi) is 5.05. The molecule has 0 saturated heterocycles. The van der Waals surface area contributed by atoms with E-state index in [1.807, 2.05) is 0 Å². The Balaban J connectivity index is 2.78. The average molecular weight is 264 g/mol. The number of carbonyl (C=O) groups is 3. The molecule has 1 aromatic rings. The van der Waals surface area contributed by atoms with Crippen molar-refractivity contribution in [3.05, 3.63) is 29.8 Å². The van der Waals surface area contributed by atoms with Gasteiger partial charge in [-0.05, 0) is 25.1 Å². The lowest BCUT2D eigenvalue weighted by atomic mass is 10.1. The number of anilines is 1. The van der Waals surface area contributed by atoms with Crippen molar-refractivity contribution in [1.82, 2.24) is 5.32 Å². The second kappa shape index (κ2) is 6.53. The lowest BCUT2D eigenvalue weighted by Crippen LogP contribution is -2.38. The van der Waals surface area contributed by atoms with Gasteiger partial charge in [0.25, 0.3) is 5.91 Å². The van der Waals surface area contributed by atoms with Gasteiger partial charge in [0, 0.05) is 17.7 Å². The molecule has 0 spiro atoms. The zero-order valence-corrected chi connectivity index (χ0v) is 10.8. The summed E-state index contributed by atoms with van der Waals surface area (Å²) in [5, 5.41) is 13.7. The molecule has 19 heavy (non-hydrogen) atoms. The van der Waals surface area contributed by atoms with Gasteiger partial charge in [-0.15, -0.1) is 0 Å². The van der Waals surface area contributed by atoms with E-state index in [1.54, 1.807) is 25.1 Å². The SMILES string of the molecule is CCC(=O)Nc1cccc(C(=O)N[C@@H](C)C(=O)O)c1. The Bertz CT molecular complexity index is 499. The summed E-state index contributed by atoms with van der Waals surface area (Å²) in [5.41, 5.74) is 0.796. The van der Waals surface area contributed by atoms with E-state index in [1.165, 1.54) is 13.0 Å². The van der Waals surface area contributed by atoms with E-state index < -0.39 is 17.9 Å². The van der Waals surface area contributed by atoms with Gasteiger partial charge in [0.15, 0.2) is 0 Å². The maximum atomic E-state index is 11.8. The minimum atomic E-state index is -1.11. The van der Waals surface area contributed by atoms with E-state index in [0.29, 0.717) is 17.7 Å². The lowest BCUT2D eigenvalue weighted by Gasteiger charge is -2.10. The van der Waals surface area contributed by atoms with Crippen LogP contribution in [0.3, 0.4) is 0 Å². The van der Waals surface area contributed by atoms with Gasteiger partial charge in [-0.1, -0.05) is 13.0 Å². The second-order valence-corrected chi connectivity index (χ2v) is 4.02. The van der Waals surface area contributed by atoms with E-state index in [4.69, 9.17) is 5.11 Å². The van der Waals surface area contributed by atoms with Crippen LogP contribution >= 0.6 is 0 Å². The molecular weight excluding hydrogens is 248 g/mol. The number of hydrogen-bond acceptors (Lipinski definition) is 3. The van der Waals surface area contributed by atoms with Crippen LogP contribution in [0.2, 0.25) is 0 Å². The molecule has 0 saturated carbocycles. The Morgan fingerprint density at radius 3 is 2.58 bits per heavy atom. The third-order valence-corrected chi connectivity index (χ3v) is 2.45. The van der Waals surface area contributed by atoms with Crippen LogP contribution in [0.25, 0.3) is 0 Å². The number of rotatable bonds is 5. The lowest BCUT2D eigenvalue weighted by molar-refractivity contribution is -0.138. The van der Waals surface area contributed by atoms with Gasteiger partial charge in [-0.25, -0.2) is 0 Å². The molecule has 0 aliphatic rings. The quantitative estimate of drug-likeness (QED) is 0.745. The van der Waals surface area contributed by atoms with Crippen LogP contribution in [-0.4, -0.2) is 28.9 Å². The number of aliphatic carboxylic acids is 1. The monoisotopic (exact) mass is 264 g/mol. The first-order chi connectivity index (χ1) is 8.93. The number of carboxylic acid groups (broad SMARTS) is 1. The van der Waals surface area contributed by atoms with E-state index >= 15 is 0 Å². The van der Waals surface area contributed by atoms with Crippen molar-refractivity contribution in [2.75, 3.05) is 5.32 Å². The molecule has 0 heterocycles. The molecule has 0 radical (unpaired) electrons. The molecule has 0 aromatic heterocycles. The second-order valence-electron chi connectivity index (χ2n) is 4.02. The minimum absolute atomic E-state index is 0.156. The van der Waals surface area contributed by atoms with Crippen molar-refractivity contribution in [1.29, 1.82) is 0 Å². The summed E-state index contributed by atoms with van der Waals surface area (Å²) in [5.74, 6) is -1.76. The highest BCUT2D eigenvalue weighted by molar-refractivity contribution is 5.98. The molecule has 1 atom stereocenters. The van der Waals surface area contributed by atoms with Gasteiger partial charge >= 0.3 is 5.97 Å². The molecule has 1 rings (SSSR count). The van der Waals surface area contributed by atoms with E-state index in [2.05, 4.69) is 10.6 Å². The summed E-state index contributed by atoms with van der Waals surface area (Å²) in [6.07, 6.45) is 0.340. The van der Waals surface area contributed by atoms with Crippen molar-refractivity contribution in [2.24, 2.45) is 0 Å². The zero-order valence-electron chi connectivity index (χ0n) is 10.8. The number of amides is 2. The zero-order chi connectivity index (χ0) is 14.4. The standard InChI is InChI=1S/C13H16N2O4/c1-3-11(16)15-10-6-4-5-9(7-10)12(17)14-8(2)13(18)19/h4-8H,3H2,1-2H3,(H,14,17)(H,15,16)(H,18,19)/t8-/m0/s1. The molecule has 0 aliphatic heterocycles. The molecule has 6 nitrogen and oxygen atoms in total. The first-order valence-electron chi connectivity index (χ1n) is 5.87. The minimum Gasteiger partial charge on any atom is -0.480 e. The highest BCUT2D eigenvalue weighted by Gasteiger charge is 2.15. The molecule has 0 bridgehead atoms. The summed E-state index contributed by atoms with van der Waals surface area (Å²) in [6, 6.07) is 5.35. The summed E-state index contributed by atoms with van der Waals surface area (Å²) in [4.78, 5) is 33.7. The number of carbonyl (C=O) groups excluding carboxylic acids is 2. The smallest absolute Gasteiger partial charge is 0.325 e. The highest BCUT2D eigenvalue weighted by atomic mass is 16.4. The van der Waals surface area contributed by atoms with Crippen LogP contribution in [0.1, 0.15) is 30.6 Å². The van der Waals surface area contributed by atoms with Crippen LogP contribution in [0.4, 0.5) is 5.69 Å². The molecule has 2 amide bonds. The van der Waals surface area contributed by atoms with Crippen LogP contribution in [0.15, 0.2) is 24.3 Å². The summed E-state index contributed by atoms with van der Waals surface area (Å²) in [7, 11) is 0. The van der Waals surface area contributed by atoms with Gasteiger partial charge in [-0.3, -0.25) is 14.4 Å². The summed E-state index contributed by atoms with van der Waals surface area (Å²) >= 11 is 0. The average Bonchev–Trinajstić information content (AvgIpc) is 2.38. The predicted octanol–water partition coefficient (Wildman–Crippen LogP) is 1.24. The molecule has 102 valence electrons. The maximum absolute atomic E-state index is 11.8. The third kappa shape index (κ3) is 4.42. The Hall–Kier alpha value is -2.37. The number of hydrogen-bond donors (Lipinski definition) is 3. The fourth-order valence-electron chi connectivity index (χ4n) is 1.33. The topological polar surface area (TPSA) is 95.5 Å². The van der Waals surface area contributed by atoms with Crippen molar-refractivity contribution in [3.8, 4) is 0 Å². The Labute approximate surface area is 110 Å². The van der Waals surface area contributed by atoms with Crippen LogP contribution in [-0.2, 0) is 9.59 Å². The molecule has 3 N–H and O–H groups in total. The first-order valence-corrected chi connectivity index (χ1v) is 5.87. The third-order valence-electron chi connectivity index (χ3n) is 2.45. The van der Waals surface area contributed by atoms with Gasteiger partial charge in [-0.2, -0.15) is 0 Å². The Morgan fingerprint density at radius 1 is 1.32 bits per heavy atom. The first kappa shape index (κ1) is 14.7. The summed E-state index contributed by atoms with van der Waals surface area (Å²) in [6.45, 7) is 3.10. The van der Waals surface area contributed by atoms with Crippen LogP contribution < -0.4 is 10.6 Å². The molecular formula is C13H16N2O4. The largest absolute Gasteiger partial charge is 0.480 e. The molecule has 6 heteroatoms. The van der Waals surface area contributed by atoms with Gasteiger partial charge in [0.1, 0.15) is 6.04 Å². The fourth-order valence-corrected chi connectivity index (χ4v) is 1.33. The van der Waals surface area contributed by atoms with E-state index in [0.717, 1.165) is 0 Å². The molecule has 1 aromatic carbocycles. The number of nitrogens with one attached hydrogen (secondary N) is 2. The number of benzene rings is 1. The molecule has 0 fully saturated rings. The predicted molar refractivity (Wildman–Crippen MR) is 69.9 cm³/mol. The molecule has 0 unspecified atom stereocenters. The van der Waals surface area contributed by atoms with Crippen molar-refractivity contribution < 1.29 is 19.5 Å². The van der Waals surface area contributed by atoms with Crippen LogP contribution in [0, 0.1) is 0 Å². The fraction of sp³-hybridized carbons (Fsp3) is 0.308. The van der Waals surface area contributed by atoms with Crippen molar-refractivity contribution in [2.45, 2.75) is 26.3 Å². The highest BCUT2D eigenvalue weighted by Crippen LogP contribution is 2.11. The number of carboxylic acids is 1. The van der Waals surface area contributed by atoms with E-state index in [9.17, 15) is 14.4 Å². The van der Waals surface area contributed by atoms with Crippen LogP contribution in [0.5, 0.6) is 0 Å². The Morgan fingerprint density at radius 2 is 2.00 bits per heavy atom. The normalized spacial score (nSPS) is 11.5. The maximum Gasteiger partial charge on any atom is 0.325 e. The van der Waals surface area contributed by atoms with Crippen molar-refractivity contribution >= 4 is 23.5 Å². The van der Waals surface area contributed by atoms with Gasteiger partial charge in [0.2, 0.25) is 5.91 Å². The van der Waals surface area contributed by atoms with Crippen molar-refractivity contribution in [3.63, 3.8) is 0 Å². The van der Waals surface area contributed by atoms with Gasteiger partial charge in [0.05, 0.1) is 0 Å². The van der Waals surface area contributed by atoms with Gasteiger partial charge < -0.3 is 15.7 Å². The van der Waals surface area contributed by atoms with E-state index in [-0.39, 0.29) is 5.91 Å². The summed E-state index contributed by atoms with van der Waals surface area (Å²) < 4.78 is 0. The molecule has 0 aliphatic carbocycles.